The Kier molecular flexibility index (Phi) is 4.46. The minimum Gasteiger partial charge on any atom is -0.493 e. The first-order valence-corrected chi connectivity index (χ1v) is 6.65. The summed E-state index contributed by atoms with van der Waals surface area (Å²) in [5.41, 5.74) is 5.54. The van der Waals surface area contributed by atoms with E-state index in [1.165, 1.54) is 19.4 Å². The van der Waals surface area contributed by atoms with Crippen LogP contribution in [0.2, 0.25) is 5.02 Å². The molecule has 2 rings (SSSR count). The average molecular weight is 358 g/mol. The third kappa shape index (κ3) is 3.20. The molecule has 1 heterocycles. The Bertz CT molecular complexity index is 664. The largest absolute Gasteiger partial charge is 0.493 e. The van der Waals surface area contributed by atoms with Gasteiger partial charge >= 0.3 is 0 Å². The van der Waals surface area contributed by atoms with Crippen LogP contribution in [-0.2, 0) is 0 Å². The molecule has 1 aromatic heterocycles. The van der Waals surface area contributed by atoms with Crippen LogP contribution < -0.4 is 15.2 Å². The summed E-state index contributed by atoms with van der Waals surface area (Å²) in [5.74, 6) is 0.582. The van der Waals surface area contributed by atoms with Crippen LogP contribution in [0.4, 0.5) is 0 Å². The summed E-state index contributed by atoms with van der Waals surface area (Å²) in [6.45, 7) is 0. The van der Waals surface area contributed by atoms with E-state index in [1.54, 1.807) is 18.2 Å². The van der Waals surface area contributed by atoms with Crippen LogP contribution in [0.1, 0.15) is 10.4 Å². The van der Waals surface area contributed by atoms with E-state index in [1.807, 2.05) is 0 Å². The van der Waals surface area contributed by atoms with Gasteiger partial charge in [0, 0.05) is 11.8 Å². The molecule has 0 bridgehead atoms. The van der Waals surface area contributed by atoms with Gasteiger partial charge in [0.1, 0.15) is 0 Å². The van der Waals surface area contributed by atoms with Gasteiger partial charge < -0.3 is 15.2 Å². The lowest BCUT2D eigenvalue weighted by Gasteiger charge is -2.11. The van der Waals surface area contributed by atoms with Crippen LogP contribution in [0.25, 0.3) is 0 Å². The maximum absolute atomic E-state index is 11.1. The van der Waals surface area contributed by atoms with Crippen molar-refractivity contribution >= 4 is 33.4 Å². The number of methoxy groups -OCH3 is 1. The van der Waals surface area contributed by atoms with Gasteiger partial charge in [-0.1, -0.05) is 11.6 Å². The van der Waals surface area contributed by atoms with E-state index >= 15 is 0 Å². The topological polar surface area (TPSA) is 74.4 Å². The summed E-state index contributed by atoms with van der Waals surface area (Å²) in [5, 5.41) is 0.486. The molecule has 104 valence electrons. The number of amides is 1. The molecule has 0 saturated heterocycles. The van der Waals surface area contributed by atoms with E-state index in [2.05, 4.69) is 20.9 Å². The third-order valence-electron chi connectivity index (χ3n) is 2.43. The Labute approximate surface area is 128 Å². The van der Waals surface area contributed by atoms with Crippen molar-refractivity contribution in [1.29, 1.82) is 0 Å². The van der Waals surface area contributed by atoms with Crippen molar-refractivity contribution in [2.75, 3.05) is 7.11 Å². The van der Waals surface area contributed by atoms with Crippen LogP contribution in [0.15, 0.2) is 34.9 Å². The first-order valence-electron chi connectivity index (χ1n) is 5.48. The van der Waals surface area contributed by atoms with E-state index < -0.39 is 5.91 Å². The van der Waals surface area contributed by atoms with Crippen LogP contribution in [0.3, 0.4) is 0 Å². The van der Waals surface area contributed by atoms with Gasteiger partial charge in [0.05, 0.1) is 16.6 Å². The number of nitrogens with zero attached hydrogens (tertiary/aromatic N) is 1. The number of benzene rings is 1. The highest BCUT2D eigenvalue weighted by Crippen LogP contribution is 2.35. The van der Waals surface area contributed by atoms with Gasteiger partial charge in [0.15, 0.2) is 11.5 Å². The zero-order valence-electron chi connectivity index (χ0n) is 10.4. The number of aromatic nitrogens is 1. The fraction of sp³-hybridized carbons (Fsp3) is 0.0769. The predicted octanol–water partition coefficient (Wildman–Crippen LogP) is 3.40. The van der Waals surface area contributed by atoms with Crippen molar-refractivity contribution in [1.82, 2.24) is 4.98 Å². The molecule has 0 aliphatic heterocycles. The number of nitrogens with two attached hydrogens (primary N) is 1. The first kappa shape index (κ1) is 14.6. The second-order valence-corrected chi connectivity index (χ2v) is 5.06. The highest BCUT2D eigenvalue weighted by molar-refractivity contribution is 9.10. The SMILES string of the molecule is COc1cc(C(N)=O)ccc1Oc1ncc(Cl)cc1Br. The first-order chi connectivity index (χ1) is 9.51. The number of ether oxygens (including phenoxy) is 2. The number of carbonyl (C=O) groups is 1. The number of carbonyl (C=O) groups excluding carboxylic acids is 1. The van der Waals surface area contributed by atoms with Crippen molar-refractivity contribution in [3.8, 4) is 17.4 Å². The van der Waals surface area contributed by atoms with E-state index in [4.69, 9.17) is 26.8 Å². The summed E-state index contributed by atoms with van der Waals surface area (Å²) in [6, 6.07) is 6.29. The minimum absolute atomic E-state index is 0.331. The second kappa shape index (κ2) is 6.11. The second-order valence-electron chi connectivity index (χ2n) is 3.77. The zero-order chi connectivity index (χ0) is 14.7. The fourth-order valence-corrected chi connectivity index (χ4v) is 2.21. The number of hydrogen-bond donors (Lipinski definition) is 1. The lowest BCUT2D eigenvalue weighted by Crippen LogP contribution is -2.10. The smallest absolute Gasteiger partial charge is 0.248 e. The summed E-state index contributed by atoms with van der Waals surface area (Å²) in [4.78, 5) is 15.2. The van der Waals surface area contributed by atoms with Gasteiger partial charge in [0.25, 0.3) is 0 Å². The molecule has 0 spiro atoms. The fourth-order valence-electron chi connectivity index (χ4n) is 1.49. The Balaban J connectivity index is 2.35. The van der Waals surface area contributed by atoms with E-state index in [9.17, 15) is 4.79 Å². The standard InChI is InChI=1S/C13H10BrClN2O3/c1-19-11-4-7(12(16)18)2-3-10(11)20-13-9(14)5-8(15)6-17-13/h2-6H,1H3,(H2,16,18). The summed E-state index contributed by atoms with van der Waals surface area (Å²) < 4.78 is 11.4. The molecule has 0 atom stereocenters. The molecule has 20 heavy (non-hydrogen) atoms. The molecular formula is C13H10BrClN2O3. The van der Waals surface area contributed by atoms with Crippen LogP contribution in [-0.4, -0.2) is 18.0 Å². The van der Waals surface area contributed by atoms with Crippen LogP contribution in [0.5, 0.6) is 17.4 Å². The Morgan fingerprint density at radius 1 is 1.35 bits per heavy atom. The normalized spacial score (nSPS) is 10.2. The molecule has 2 aromatic rings. The Morgan fingerprint density at radius 3 is 2.70 bits per heavy atom. The molecule has 7 heteroatoms. The number of primary amides is 1. The Morgan fingerprint density at radius 2 is 2.10 bits per heavy atom. The highest BCUT2D eigenvalue weighted by atomic mass is 79.9. The molecule has 1 amide bonds. The molecular weight excluding hydrogens is 348 g/mol. The number of rotatable bonds is 4. The molecule has 0 saturated carbocycles. The Hall–Kier alpha value is -1.79. The average Bonchev–Trinajstić information content (AvgIpc) is 2.42. The van der Waals surface area contributed by atoms with Gasteiger partial charge in [0.2, 0.25) is 11.8 Å². The number of halogens is 2. The van der Waals surface area contributed by atoms with E-state index in [-0.39, 0.29) is 0 Å². The number of pyridine rings is 1. The summed E-state index contributed by atoms with van der Waals surface area (Å²) in [6.07, 6.45) is 1.46. The maximum atomic E-state index is 11.1. The molecule has 5 nitrogen and oxygen atoms in total. The quantitative estimate of drug-likeness (QED) is 0.910. The van der Waals surface area contributed by atoms with Gasteiger partial charge in [-0.25, -0.2) is 4.98 Å². The van der Waals surface area contributed by atoms with Crippen molar-refractivity contribution in [3.63, 3.8) is 0 Å². The molecule has 1 aromatic carbocycles. The van der Waals surface area contributed by atoms with Crippen molar-refractivity contribution < 1.29 is 14.3 Å². The monoisotopic (exact) mass is 356 g/mol. The molecule has 0 aliphatic carbocycles. The van der Waals surface area contributed by atoms with Crippen LogP contribution >= 0.6 is 27.5 Å². The lowest BCUT2D eigenvalue weighted by atomic mass is 10.2. The van der Waals surface area contributed by atoms with Crippen LogP contribution in [0, 0.1) is 0 Å². The molecule has 0 fully saturated rings. The summed E-state index contributed by atoms with van der Waals surface area (Å²) >= 11 is 9.11. The van der Waals surface area contributed by atoms with E-state index in [0.717, 1.165) is 0 Å². The van der Waals surface area contributed by atoms with Gasteiger partial charge in [-0.05, 0) is 40.2 Å². The van der Waals surface area contributed by atoms with Crippen molar-refractivity contribution in [2.45, 2.75) is 0 Å². The summed E-state index contributed by atoms with van der Waals surface area (Å²) in [7, 11) is 1.47. The molecule has 0 radical (unpaired) electrons. The van der Waals surface area contributed by atoms with Crippen molar-refractivity contribution in [2.24, 2.45) is 5.73 Å². The molecule has 0 unspecified atom stereocenters. The third-order valence-corrected chi connectivity index (χ3v) is 3.20. The lowest BCUT2D eigenvalue weighted by molar-refractivity contribution is 0.1000. The number of hydrogen-bond acceptors (Lipinski definition) is 4. The molecule has 0 aliphatic rings. The predicted molar refractivity (Wildman–Crippen MR) is 78.5 cm³/mol. The minimum atomic E-state index is -0.541. The zero-order valence-corrected chi connectivity index (χ0v) is 12.7. The van der Waals surface area contributed by atoms with Crippen molar-refractivity contribution in [3.05, 3.63) is 45.5 Å². The molecule has 2 N–H and O–H groups in total. The maximum Gasteiger partial charge on any atom is 0.248 e. The highest BCUT2D eigenvalue weighted by Gasteiger charge is 2.12. The van der Waals surface area contributed by atoms with E-state index in [0.29, 0.717) is 32.4 Å². The van der Waals surface area contributed by atoms with Gasteiger partial charge in [-0.3, -0.25) is 4.79 Å². The van der Waals surface area contributed by atoms with Gasteiger partial charge in [-0.2, -0.15) is 0 Å². The van der Waals surface area contributed by atoms with Gasteiger partial charge in [-0.15, -0.1) is 0 Å².